The topological polar surface area (TPSA) is 34.1 Å². The minimum absolute atomic E-state index is 0.270. The van der Waals surface area contributed by atoms with E-state index in [1.807, 2.05) is 0 Å². The molecule has 0 rings (SSSR count). The molecular weight excluding hydrogens is 240 g/mol. The first kappa shape index (κ1) is 12.4. The van der Waals surface area contributed by atoms with Crippen LogP contribution in [0.4, 0.5) is 0 Å². The molecule has 74 valence electrons. The van der Waals surface area contributed by atoms with Gasteiger partial charge in [-0.3, -0.25) is 0 Å². The first-order valence-electron chi connectivity index (χ1n) is 4.32. The van der Waals surface area contributed by atoms with Gasteiger partial charge in [0.05, 0.1) is 5.75 Å². The van der Waals surface area contributed by atoms with E-state index in [1.165, 1.54) is 0 Å². The van der Waals surface area contributed by atoms with E-state index < -0.39 is 9.84 Å². The zero-order valence-corrected chi connectivity index (χ0v) is 10.1. The number of sulfone groups is 1. The molecule has 0 aliphatic rings. The van der Waals surface area contributed by atoms with E-state index >= 15 is 0 Å². The van der Waals surface area contributed by atoms with Gasteiger partial charge >= 0.3 is 0 Å². The fraction of sp³-hybridized carbons (Fsp3) is 1.00. The van der Waals surface area contributed by atoms with Crippen LogP contribution >= 0.6 is 15.9 Å². The average Bonchev–Trinajstić information content (AvgIpc) is 2.06. The number of halogens is 1. The lowest BCUT2D eigenvalue weighted by Crippen LogP contribution is -2.13. The molecule has 1 atom stereocenters. The maximum Gasteiger partial charge on any atom is 0.150 e. The smallest absolute Gasteiger partial charge is 0.150 e. The largest absolute Gasteiger partial charge is 0.229 e. The molecule has 2 nitrogen and oxygen atoms in total. The van der Waals surface area contributed by atoms with Gasteiger partial charge in [0.15, 0.2) is 0 Å². The normalized spacial score (nSPS) is 14.6. The molecule has 0 aromatic heterocycles. The third-order valence-electron chi connectivity index (χ3n) is 2.07. The van der Waals surface area contributed by atoms with Gasteiger partial charge in [0, 0.05) is 11.1 Å². The molecule has 0 fully saturated rings. The van der Waals surface area contributed by atoms with E-state index in [-0.39, 0.29) is 5.75 Å². The predicted molar refractivity (Wildman–Crippen MR) is 56.5 cm³/mol. The summed E-state index contributed by atoms with van der Waals surface area (Å²) in [5, 5.41) is 0.905. The standard InChI is InChI=1S/C8H17BrO2S/c1-3-8(7-9)5-6-12(10,11)4-2/h8H,3-7H2,1-2H3. The molecule has 0 bridgehead atoms. The van der Waals surface area contributed by atoms with Gasteiger partial charge in [-0.05, 0) is 12.3 Å². The van der Waals surface area contributed by atoms with Crippen molar-refractivity contribution in [3.63, 3.8) is 0 Å². The molecule has 0 saturated heterocycles. The maximum absolute atomic E-state index is 11.1. The summed E-state index contributed by atoms with van der Waals surface area (Å²) in [5.41, 5.74) is 0. The molecule has 0 spiro atoms. The van der Waals surface area contributed by atoms with Crippen molar-refractivity contribution in [1.29, 1.82) is 0 Å². The number of hydrogen-bond donors (Lipinski definition) is 0. The van der Waals surface area contributed by atoms with Crippen molar-refractivity contribution in [1.82, 2.24) is 0 Å². The minimum Gasteiger partial charge on any atom is -0.229 e. The molecule has 12 heavy (non-hydrogen) atoms. The van der Waals surface area contributed by atoms with Gasteiger partial charge in [0.2, 0.25) is 0 Å². The number of alkyl halides is 1. The Morgan fingerprint density at radius 2 is 1.92 bits per heavy atom. The van der Waals surface area contributed by atoms with Crippen LogP contribution in [0.2, 0.25) is 0 Å². The second-order valence-electron chi connectivity index (χ2n) is 2.95. The van der Waals surface area contributed by atoms with Crippen molar-refractivity contribution in [3.05, 3.63) is 0 Å². The fourth-order valence-corrected chi connectivity index (χ4v) is 2.64. The van der Waals surface area contributed by atoms with Crippen LogP contribution < -0.4 is 0 Å². The number of rotatable bonds is 6. The molecule has 0 aliphatic carbocycles. The van der Waals surface area contributed by atoms with Gasteiger partial charge < -0.3 is 0 Å². The Bertz CT molecular complexity index is 195. The molecule has 0 radical (unpaired) electrons. The summed E-state index contributed by atoms with van der Waals surface area (Å²) in [5.74, 6) is 1.12. The van der Waals surface area contributed by atoms with E-state index in [4.69, 9.17) is 0 Å². The highest BCUT2D eigenvalue weighted by molar-refractivity contribution is 9.09. The van der Waals surface area contributed by atoms with Crippen molar-refractivity contribution in [3.8, 4) is 0 Å². The summed E-state index contributed by atoms with van der Waals surface area (Å²) < 4.78 is 22.2. The lowest BCUT2D eigenvalue weighted by atomic mass is 10.1. The summed E-state index contributed by atoms with van der Waals surface area (Å²) >= 11 is 3.37. The van der Waals surface area contributed by atoms with Crippen LogP contribution in [0.1, 0.15) is 26.7 Å². The molecule has 0 saturated carbocycles. The zero-order chi connectivity index (χ0) is 9.61. The molecule has 0 amide bonds. The van der Waals surface area contributed by atoms with E-state index in [2.05, 4.69) is 22.9 Å². The van der Waals surface area contributed by atoms with E-state index in [0.29, 0.717) is 11.7 Å². The summed E-state index contributed by atoms with van der Waals surface area (Å²) in [4.78, 5) is 0. The minimum atomic E-state index is -2.76. The van der Waals surface area contributed by atoms with Crippen LogP contribution in [0, 0.1) is 5.92 Å². The molecular formula is C8H17BrO2S. The molecule has 0 N–H and O–H groups in total. The third-order valence-corrected chi connectivity index (χ3v) is 4.73. The molecule has 0 aromatic rings. The Morgan fingerprint density at radius 3 is 2.25 bits per heavy atom. The molecule has 4 heteroatoms. The van der Waals surface area contributed by atoms with Gasteiger partial charge in [-0.2, -0.15) is 0 Å². The molecule has 1 unspecified atom stereocenters. The summed E-state index contributed by atoms with van der Waals surface area (Å²) in [6, 6.07) is 0. The monoisotopic (exact) mass is 256 g/mol. The van der Waals surface area contributed by atoms with Gasteiger partial charge in [-0.1, -0.05) is 36.2 Å². The highest BCUT2D eigenvalue weighted by Crippen LogP contribution is 2.12. The van der Waals surface area contributed by atoms with E-state index in [9.17, 15) is 8.42 Å². The second-order valence-corrected chi connectivity index (χ2v) is 6.07. The van der Waals surface area contributed by atoms with Gasteiger partial charge in [-0.15, -0.1) is 0 Å². The van der Waals surface area contributed by atoms with Crippen molar-refractivity contribution in [2.45, 2.75) is 26.7 Å². The zero-order valence-electron chi connectivity index (χ0n) is 7.72. The quantitative estimate of drug-likeness (QED) is 0.684. The van der Waals surface area contributed by atoms with Crippen LogP contribution in [0.15, 0.2) is 0 Å². The lowest BCUT2D eigenvalue weighted by molar-refractivity contribution is 0.542. The first-order chi connectivity index (χ1) is 5.55. The average molecular weight is 257 g/mol. The Balaban J connectivity index is 3.81. The number of hydrogen-bond acceptors (Lipinski definition) is 2. The molecule has 0 aromatic carbocycles. The van der Waals surface area contributed by atoms with Crippen LogP contribution in [0.5, 0.6) is 0 Å². The van der Waals surface area contributed by atoms with Gasteiger partial charge in [0.25, 0.3) is 0 Å². The Morgan fingerprint density at radius 1 is 1.33 bits per heavy atom. The predicted octanol–water partition coefficient (Wildman–Crippen LogP) is 2.23. The summed E-state index contributed by atoms with van der Waals surface area (Å²) in [7, 11) is -2.76. The highest BCUT2D eigenvalue weighted by Gasteiger charge is 2.11. The van der Waals surface area contributed by atoms with Crippen LogP contribution in [-0.2, 0) is 9.84 Å². The second kappa shape index (κ2) is 5.97. The van der Waals surface area contributed by atoms with Crippen molar-refractivity contribution in [2.24, 2.45) is 5.92 Å². The van der Waals surface area contributed by atoms with Gasteiger partial charge in [-0.25, -0.2) is 8.42 Å². The third kappa shape index (κ3) is 5.14. The van der Waals surface area contributed by atoms with Crippen molar-refractivity contribution in [2.75, 3.05) is 16.8 Å². The van der Waals surface area contributed by atoms with Crippen molar-refractivity contribution < 1.29 is 8.42 Å². The SMILES string of the molecule is CCC(CBr)CCS(=O)(=O)CC. The Hall–Kier alpha value is 0.430. The van der Waals surface area contributed by atoms with E-state index in [1.54, 1.807) is 6.92 Å². The van der Waals surface area contributed by atoms with Crippen LogP contribution in [0.3, 0.4) is 0 Å². The Kier molecular flexibility index (Phi) is 6.19. The summed E-state index contributed by atoms with van der Waals surface area (Å²) in [6.45, 7) is 3.79. The van der Waals surface area contributed by atoms with Crippen LogP contribution in [0.25, 0.3) is 0 Å². The Labute approximate surface area is 83.8 Å². The lowest BCUT2D eigenvalue weighted by Gasteiger charge is -2.09. The van der Waals surface area contributed by atoms with Gasteiger partial charge in [0.1, 0.15) is 9.84 Å². The maximum atomic E-state index is 11.1. The molecule has 0 aliphatic heterocycles. The highest BCUT2D eigenvalue weighted by atomic mass is 79.9. The summed E-state index contributed by atoms with van der Waals surface area (Å²) in [6.07, 6.45) is 1.84. The van der Waals surface area contributed by atoms with E-state index in [0.717, 1.165) is 18.2 Å². The first-order valence-corrected chi connectivity index (χ1v) is 7.26. The van der Waals surface area contributed by atoms with Crippen molar-refractivity contribution >= 4 is 25.8 Å². The fourth-order valence-electron chi connectivity index (χ4n) is 0.881. The van der Waals surface area contributed by atoms with Crippen LogP contribution in [-0.4, -0.2) is 25.3 Å². The molecule has 0 heterocycles.